The Morgan fingerprint density at radius 3 is 2.54 bits per heavy atom. The number of fused-ring (bicyclic) bond motifs is 2. The van der Waals surface area contributed by atoms with E-state index in [2.05, 4.69) is 31.3 Å². The van der Waals surface area contributed by atoms with E-state index in [0.717, 1.165) is 20.8 Å². The first-order chi connectivity index (χ1) is 18.5. The predicted molar refractivity (Wildman–Crippen MR) is 142 cm³/mol. The van der Waals surface area contributed by atoms with E-state index in [1.165, 1.54) is 23.1 Å². The Kier molecular flexibility index (Phi) is 8.57. The summed E-state index contributed by atoms with van der Waals surface area (Å²) in [6, 6.07) is 14.6. The van der Waals surface area contributed by atoms with Crippen molar-refractivity contribution in [3.63, 3.8) is 0 Å². The Labute approximate surface area is 230 Å². The highest BCUT2D eigenvalue weighted by atomic mass is 79.9. The molecule has 8 nitrogen and oxygen atoms in total. The zero-order valence-electron chi connectivity index (χ0n) is 21.0. The molecule has 1 aliphatic rings. The van der Waals surface area contributed by atoms with Crippen molar-refractivity contribution in [2.45, 2.75) is 31.7 Å². The standard InChI is InChI=1S/C27H25BrF3N3O5/c1-15(32-2)12-33-21-14-38-23-19(25(36)39-26(37)27(29,30)31)8-5-9-22(23)34(24(21)35)13-16-10-11-20(28)18-7-4-3-6-17(16)18/h3-11,15,21,32-33H,12-14H2,1-2H3/t15-,21-/m0/s1. The smallest absolute Gasteiger partial charge is 0.488 e. The fourth-order valence-corrected chi connectivity index (χ4v) is 4.63. The number of anilines is 1. The molecule has 2 atom stereocenters. The summed E-state index contributed by atoms with van der Waals surface area (Å²) in [5, 5.41) is 8.03. The number of amides is 1. The lowest BCUT2D eigenvalue weighted by Crippen LogP contribution is -2.51. The molecule has 2 N–H and O–H groups in total. The normalized spacial score (nSPS) is 16.3. The van der Waals surface area contributed by atoms with Crippen molar-refractivity contribution in [1.82, 2.24) is 10.6 Å². The summed E-state index contributed by atoms with van der Waals surface area (Å²) in [7, 11) is 1.78. The van der Waals surface area contributed by atoms with Gasteiger partial charge in [-0.2, -0.15) is 13.2 Å². The van der Waals surface area contributed by atoms with E-state index in [1.54, 1.807) is 7.05 Å². The number of likely N-dealkylation sites (N-methyl/N-ethyl adjacent to an activating group) is 1. The van der Waals surface area contributed by atoms with Gasteiger partial charge >= 0.3 is 18.1 Å². The molecule has 3 aromatic rings. The predicted octanol–water partition coefficient (Wildman–Crippen LogP) is 4.34. The van der Waals surface area contributed by atoms with Crippen LogP contribution in [-0.4, -0.2) is 56.3 Å². The minimum absolute atomic E-state index is 0.0196. The first-order valence-electron chi connectivity index (χ1n) is 12.0. The number of carbonyl (C=O) groups is 3. The van der Waals surface area contributed by atoms with E-state index < -0.39 is 29.7 Å². The molecule has 1 heterocycles. The van der Waals surface area contributed by atoms with Gasteiger partial charge in [-0.1, -0.05) is 52.3 Å². The minimum Gasteiger partial charge on any atom is -0.488 e. The Hall–Kier alpha value is -3.48. The van der Waals surface area contributed by atoms with Crippen LogP contribution in [0, 0.1) is 0 Å². The summed E-state index contributed by atoms with van der Waals surface area (Å²) in [5.74, 6) is -4.70. The molecule has 0 saturated heterocycles. The Balaban J connectivity index is 1.77. The van der Waals surface area contributed by atoms with Gasteiger partial charge in [0.1, 0.15) is 18.2 Å². The lowest BCUT2D eigenvalue weighted by atomic mass is 10.0. The minimum atomic E-state index is -5.36. The van der Waals surface area contributed by atoms with Crippen LogP contribution in [0.15, 0.2) is 59.1 Å². The zero-order valence-corrected chi connectivity index (χ0v) is 22.6. The van der Waals surface area contributed by atoms with Gasteiger partial charge in [-0.15, -0.1) is 0 Å². The molecule has 1 aliphatic heterocycles. The molecule has 3 aromatic carbocycles. The number of halogens is 4. The van der Waals surface area contributed by atoms with E-state index in [0.29, 0.717) is 6.54 Å². The van der Waals surface area contributed by atoms with Gasteiger partial charge < -0.3 is 25.0 Å². The van der Waals surface area contributed by atoms with Crippen molar-refractivity contribution in [2.75, 3.05) is 25.1 Å². The molecule has 0 aliphatic carbocycles. The van der Waals surface area contributed by atoms with Crippen LogP contribution in [0.1, 0.15) is 22.8 Å². The van der Waals surface area contributed by atoms with Gasteiger partial charge in [-0.25, -0.2) is 9.59 Å². The Morgan fingerprint density at radius 1 is 1.13 bits per heavy atom. The molecule has 12 heteroatoms. The van der Waals surface area contributed by atoms with Gasteiger partial charge in [0.05, 0.1) is 12.2 Å². The average molecular weight is 608 g/mol. The van der Waals surface area contributed by atoms with Crippen molar-refractivity contribution >= 4 is 50.2 Å². The highest BCUT2D eigenvalue weighted by molar-refractivity contribution is 9.10. The van der Waals surface area contributed by atoms with Gasteiger partial charge in [0.15, 0.2) is 5.75 Å². The van der Waals surface area contributed by atoms with Crippen LogP contribution in [-0.2, 0) is 20.9 Å². The summed E-state index contributed by atoms with van der Waals surface area (Å²) in [4.78, 5) is 39.2. The molecular formula is C27H25BrF3N3O5. The van der Waals surface area contributed by atoms with Crippen LogP contribution in [0.4, 0.5) is 18.9 Å². The SMILES string of the molecule is CN[C@@H](C)CN[C@H]1COc2c(C(=O)OC(=O)C(F)(F)F)cccc2N(Cc2ccc(Br)c3ccccc23)C1=O. The van der Waals surface area contributed by atoms with Crippen LogP contribution < -0.4 is 20.3 Å². The van der Waals surface area contributed by atoms with Gasteiger partial charge in [0.25, 0.3) is 0 Å². The number of ether oxygens (including phenoxy) is 2. The van der Waals surface area contributed by atoms with Crippen molar-refractivity contribution in [3.05, 3.63) is 70.2 Å². The average Bonchev–Trinajstić information content (AvgIpc) is 3.04. The zero-order chi connectivity index (χ0) is 28.3. The Bertz CT molecular complexity index is 1420. The van der Waals surface area contributed by atoms with Crippen molar-refractivity contribution in [1.29, 1.82) is 0 Å². The van der Waals surface area contributed by atoms with E-state index in [9.17, 15) is 27.6 Å². The second-order valence-electron chi connectivity index (χ2n) is 8.97. The maximum atomic E-state index is 13.8. The van der Waals surface area contributed by atoms with Gasteiger partial charge in [-0.3, -0.25) is 4.79 Å². The molecule has 0 spiro atoms. The van der Waals surface area contributed by atoms with Crippen molar-refractivity contribution in [2.24, 2.45) is 0 Å². The molecule has 1 amide bonds. The largest absolute Gasteiger partial charge is 0.491 e. The van der Waals surface area contributed by atoms with Crippen molar-refractivity contribution < 1.29 is 37.0 Å². The highest BCUT2D eigenvalue weighted by Crippen LogP contribution is 2.38. The first kappa shape index (κ1) is 28.5. The number of para-hydroxylation sites is 1. The molecule has 0 aromatic heterocycles. The Morgan fingerprint density at radius 2 is 1.85 bits per heavy atom. The summed E-state index contributed by atoms with van der Waals surface area (Å²) in [6.45, 7) is 2.19. The topological polar surface area (TPSA) is 97.0 Å². The molecular weight excluding hydrogens is 583 g/mol. The quantitative estimate of drug-likeness (QED) is 0.305. The van der Waals surface area contributed by atoms with Gasteiger partial charge in [0, 0.05) is 17.1 Å². The number of esters is 2. The highest BCUT2D eigenvalue weighted by Gasteiger charge is 2.43. The summed E-state index contributed by atoms with van der Waals surface area (Å²) >= 11 is 3.54. The third-order valence-electron chi connectivity index (χ3n) is 6.33. The summed E-state index contributed by atoms with van der Waals surface area (Å²) in [5.41, 5.74) is 0.539. The third kappa shape index (κ3) is 6.23. The number of benzene rings is 3. The maximum Gasteiger partial charge on any atom is 0.491 e. The van der Waals surface area contributed by atoms with Crippen LogP contribution in [0.25, 0.3) is 10.8 Å². The van der Waals surface area contributed by atoms with E-state index in [4.69, 9.17) is 4.74 Å². The number of nitrogens with zero attached hydrogens (tertiary/aromatic N) is 1. The van der Waals surface area contributed by atoms with E-state index in [-0.39, 0.29) is 36.5 Å². The summed E-state index contributed by atoms with van der Waals surface area (Å²) < 4.78 is 49.0. The molecule has 0 radical (unpaired) electrons. The molecule has 39 heavy (non-hydrogen) atoms. The summed E-state index contributed by atoms with van der Waals surface area (Å²) in [6.07, 6.45) is -5.36. The lowest BCUT2D eigenvalue weighted by Gasteiger charge is -2.26. The number of carbonyl (C=O) groups excluding carboxylic acids is 3. The second kappa shape index (κ2) is 11.7. The molecule has 0 unspecified atom stereocenters. The molecule has 4 rings (SSSR count). The van der Waals surface area contributed by atoms with Crippen LogP contribution in [0.5, 0.6) is 5.75 Å². The number of hydrogen-bond donors (Lipinski definition) is 2. The number of nitrogens with one attached hydrogen (secondary N) is 2. The lowest BCUT2D eigenvalue weighted by molar-refractivity contribution is -0.193. The molecule has 0 saturated carbocycles. The first-order valence-corrected chi connectivity index (χ1v) is 12.8. The van der Waals surface area contributed by atoms with Crippen LogP contribution >= 0.6 is 15.9 Å². The monoisotopic (exact) mass is 607 g/mol. The van der Waals surface area contributed by atoms with E-state index in [1.807, 2.05) is 43.3 Å². The molecule has 0 fully saturated rings. The maximum absolute atomic E-state index is 13.8. The van der Waals surface area contributed by atoms with Crippen LogP contribution in [0.3, 0.4) is 0 Å². The molecule has 206 valence electrons. The van der Waals surface area contributed by atoms with Gasteiger partial charge in [0.2, 0.25) is 5.91 Å². The second-order valence-corrected chi connectivity index (χ2v) is 9.82. The fraction of sp³-hybridized carbons (Fsp3) is 0.296. The van der Waals surface area contributed by atoms with Crippen molar-refractivity contribution in [3.8, 4) is 5.75 Å². The third-order valence-corrected chi connectivity index (χ3v) is 7.02. The van der Waals surface area contributed by atoms with Crippen LogP contribution in [0.2, 0.25) is 0 Å². The molecule has 0 bridgehead atoms. The number of alkyl halides is 3. The fourth-order valence-electron chi connectivity index (χ4n) is 4.15. The number of hydrogen-bond acceptors (Lipinski definition) is 7. The number of rotatable bonds is 7. The van der Waals surface area contributed by atoms with E-state index >= 15 is 0 Å². The van der Waals surface area contributed by atoms with Gasteiger partial charge in [-0.05, 0) is 48.5 Å².